The second-order valence-corrected chi connectivity index (χ2v) is 5.05. The largest absolute Gasteiger partial charge is 0.497 e. The van der Waals surface area contributed by atoms with Gasteiger partial charge in [-0.3, -0.25) is 0 Å². The topological polar surface area (TPSA) is 55.8 Å². The molecule has 0 bridgehead atoms. The molecule has 0 aliphatic rings. The van der Waals surface area contributed by atoms with E-state index in [4.69, 9.17) is 14.6 Å². The van der Waals surface area contributed by atoms with Gasteiger partial charge in [0.1, 0.15) is 17.2 Å². The highest BCUT2D eigenvalue weighted by Gasteiger charge is 2.05. The Morgan fingerprint density at radius 3 is 2.43 bits per heavy atom. The van der Waals surface area contributed by atoms with Gasteiger partial charge >= 0.3 is 5.97 Å². The van der Waals surface area contributed by atoms with E-state index in [0.29, 0.717) is 17.1 Å². The zero-order valence-electron chi connectivity index (χ0n) is 11.2. The zero-order chi connectivity index (χ0) is 15.2. The Bertz CT molecular complexity index is 662. The standard InChI is InChI=1S/C16H13BrO4/c1-20-13-5-7-14(8-6-13)21-15-10-12(17)4-2-11(15)3-9-16(18)19/h2-10H,1H3,(H,18,19)/b9-3+. The number of carboxylic acid groups (broad SMARTS) is 1. The van der Waals surface area contributed by atoms with Crippen LogP contribution < -0.4 is 9.47 Å². The molecule has 0 aliphatic heterocycles. The molecule has 0 saturated carbocycles. The zero-order valence-corrected chi connectivity index (χ0v) is 12.8. The fourth-order valence-electron chi connectivity index (χ4n) is 1.67. The molecule has 5 heteroatoms. The summed E-state index contributed by atoms with van der Waals surface area (Å²) >= 11 is 3.37. The van der Waals surface area contributed by atoms with Gasteiger partial charge in [-0.2, -0.15) is 0 Å². The number of carbonyl (C=O) groups is 1. The molecule has 1 N–H and O–H groups in total. The van der Waals surface area contributed by atoms with Gasteiger partial charge in [-0.05, 0) is 42.5 Å². The first-order valence-electron chi connectivity index (χ1n) is 6.11. The van der Waals surface area contributed by atoms with Crippen LogP contribution >= 0.6 is 15.9 Å². The number of methoxy groups -OCH3 is 1. The lowest BCUT2D eigenvalue weighted by Crippen LogP contribution is -1.90. The van der Waals surface area contributed by atoms with E-state index in [-0.39, 0.29) is 0 Å². The average Bonchev–Trinajstić information content (AvgIpc) is 2.47. The second kappa shape index (κ2) is 6.95. The molecule has 2 aromatic rings. The van der Waals surface area contributed by atoms with Crippen LogP contribution in [0.25, 0.3) is 6.08 Å². The van der Waals surface area contributed by atoms with Gasteiger partial charge in [-0.25, -0.2) is 4.79 Å². The van der Waals surface area contributed by atoms with Crippen LogP contribution in [0.4, 0.5) is 0 Å². The van der Waals surface area contributed by atoms with Crippen molar-refractivity contribution in [2.45, 2.75) is 0 Å². The molecular formula is C16H13BrO4. The number of carboxylic acids is 1. The van der Waals surface area contributed by atoms with Gasteiger partial charge in [0.15, 0.2) is 0 Å². The molecule has 2 aromatic carbocycles. The van der Waals surface area contributed by atoms with Crippen LogP contribution in [0.2, 0.25) is 0 Å². The predicted octanol–water partition coefficient (Wildman–Crippen LogP) is 4.35. The quantitative estimate of drug-likeness (QED) is 0.816. The molecule has 0 fully saturated rings. The van der Waals surface area contributed by atoms with Crippen LogP contribution in [-0.2, 0) is 4.79 Å². The van der Waals surface area contributed by atoms with E-state index < -0.39 is 5.97 Å². The van der Waals surface area contributed by atoms with E-state index >= 15 is 0 Å². The number of hydrogen-bond donors (Lipinski definition) is 1. The summed E-state index contributed by atoms with van der Waals surface area (Å²) in [7, 11) is 1.60. The molecule has 0 heterocycles. The molecule has 0 saturated heterocycles. The Hall–Kier alpha value is -2.27. The third kappa shape index (κ3) is 4.36. The Morgan fingerprint density at radius 1 is 1.14 bits per heavy atom. The minimum atomic E-state index is -1.01. The number of aliphatic carboxylic acids is 1. The van der Waals surface area contributed by atoms with Crippen molar-refractivity contribution in [1.29, 1.82) is 0 Å². The van der Waals surface area contributed by atoms with Crippen molar-refractivity contribution in [2.24, 2.45) is 0 Å². The van der Waals surface area contributed by atoms with E-state index in [0.717, 1.165) is 16.3 Å². The lowest BCUT2D eigenvalue weighted by molar-refractivity contribution is -0.131. The molecule has 2 rings (SSSR count). The SMILES string of the molecule is COc1ccc(Oc2cc(Br)ccc2/C=C/C(=O)O)cc1. The first-order chi connectivity index (χ1) is 10.1. The third-order valence-electron chi connectivity index (χ3n) is 2.67. The maximum Gasteiger partial charge on any atom is 0.328 e. The van der Waals surface area contributed by atoms with Crippen LogP contribution in [0, 0.1) is 0 Å². The van der Waals surface area contributed by atoms with E-state index in [9.17, 15) is 4.79 Å². The summed E-state index contributed by atoms with van der Waals surface area (Å²) in [5, 5.41) is 8.72. The third-order valence-corrected chi connectivity index (χ3v) is 3.16. The monoisotopic (exact) mass is 348 g/mol. The van der Waals surface area contributed by atoms with E-state index in [2.05, 4.69) is 15.9 Å². The summed E-state index contributed by atoms with van der Waals surface area (Å²) in [6, 6.07) is 12.5. The van der Waals surface area contributed by atoms with Gasteiger partial charge in [0.2, 0.25) is 0 Å². The van der Waals surface area contributed by atoms with Crippen LogP contribution in [0.3, 0.4) is 0 Å². The maximum absolute atomic E-state index is 10.6. The highest BCUT2D eigenvalue weighted by atomic mass is 79.9. The van der Waals surface area contributed by atoms with Crippen molar-refractivity contribution < 1.29 is 19.4 Å². The van der Waals surface area contributed by atoms with Gasteiger partial charge in [0, 0.05) is 16.1 Å². The first kappa shape index (κ1) is 15.1. The normalized spacial score (nSPS) is 10.6. The van der Waals surface area contributed by atoms with Crippen molar-refractivity contribution >= 4 is 28.0 Å². The molecule has 0 atom stereocenters. The molecule has 4 nitrogen and oxygen atoms in total. The van der Waals surface area contributed by atoms with E-state index in [1.807, 2.05) is 6.07 Å². The van der Waals surface area contributed by atoms with E-state index in [1.54, 1.807) is 43.5 Å². The molecule has 0 aliphatic carbocycles. The second-order valence-electron chi connectivity index (χ2n) is 4.13. The van der Waals surface area contributed by atoms with Crippen molar-refractivity contribution in [2.75, 3.05) is 7.11 Å². The summed E-state index contributed by atoms with van der Waals surface area (Å²) in [5.41, 5.74) is 0.677. The summed E-state index contributed by atoms with van der Waals surface area (Å²) in [6.07, 6.45) is 2.57. The Labute approximate surface area is 130 Å². The van der Waals surface area contributed by atoms with Gasteiger partial charge in [0.25, 0.3) is 0 Å². The summed E-state index contributed by atoms with van der Waals surface area (Å²) in [6.45, 7) is 0. The summed E-state index contributed by atoms with van der Waals surface area (Å²) < 4.78 is 11.7. The fourth-order valence-corrected chi connectivity index (χ4v) is 2.01. The molecule has 0 aromatic heterocycles. The molecule has 108 valence electrons. The van der Waals surface area contributed by atoms with Gasteiger partial charge < -0.3 is 14.6 Å². The summed E-state index contributed by atoms with van der Waals surface area (Å²) in [4.78, 5) is 10.6. The minimum absolute atomic E-state index is 0.562. The number of rotatable bonds is 5. The fraction of sp³-hybridized carbons (Fsp3) is 0.0625. The van der Waals surface area contributed by atoms with Crippen molar-refractivity contribution in [3.05, 3.63) is 58.6 Å². The average molecular weight is 349 g/mol. The van der Waals surface area contributed by atoms with Crippen LogP contribution in [0.1, 0.15) is 5.56 Å². The number of benzene rings is 2. The van der Waals surface area contributed by atoms with Crippen LogP contribution in [-0.4, -0.2) is 18.2 Å². The molecular weight excluding hydrogens is 336 g/mol. The molecule has 0 radical (unpaired) electrons. The van der Waals surface area contributed by atoms with Crippen LogP contribution in [0.15, 0.2) is 53.0 Å². The molecule has 0 spiro atoms. The molecule has 0 unspecified atom stereocenters. The Morgan fingerprint density at radius 2 is 1.81 bits per heavy atom. The molecule has 0 amide bonds. The highest BCUT2D eigenvalue weighted by Crippen LogP contribution is 2.30. The van der Waals surface area contributed by atoms with Gasteiger partial charge in [0.05, 0.1) is 7.11 Å². The Kier molecular flexibility index (Phi) is 5.00. The minimum Gasteiger partial charge on any atom is -0.497 e. The van der Waals surface area contributed by atoms with Crippen molar-refractivity contribution in [3.63, 3.8) is 0 Å². The van der Waals surface area contributed by atoms with Crippen LogP contribution in [0.5, 0.6) is 17.2 Å². The smallest absolute Gasteiger partial charge is 0.328 e. The predicted molar refractivity (Wildman–Crippen MR) is 83.9 cm³/mol. The van der Waals surface area contributed by atoms with Gasteiger partial charge in [-0.1, -0.05) is 22.0 Å². The summed E-state index contributed by atoms with van der Waals surface area (Å²) in [5.74, 6) is 0.932. The number of ether oxygens (including phenoxy) is 2. The van der Waals surface area contributed by atoms with E-state index in [1.165, 1.54) is 6.08 Å². The van der Waals surface area contributed by atoms with Gasteiger partial charge in [-0.15, -0.1) is 0 Å². The lowest BCUT2D eigenvalue weighted by Gasteiger charge is -2.10. The molecule has 21 heavy (non-hydrogen) atoms. The van der Waals surface area contributed by atoms with Crippen molar-refractivity contribution in [3.8, 4) is 17.2 Å². The lowest BCUT2D eigenvalue weighted by atomic mass is 10.2. The maximum atomic E-state index is 10.6. The highest BCUT2D eigenvalue weighted by molar-refractivity contribution is 9.10. The number of hydrogen-bond acceptors (Lipinski definition) is 3. The van der Waals surface area contributed by atoms with Crippen molar-refractivity contribution in [1.82, 2.24) is 0 Å². The Balaban J connectivity index is 2.28. The number of halogens is 1. The first-order valence-corrected chi connectivity index (χ1v) is 6.90.